The molecule has 0 atom stereocenters. The summed E-state index contributed by atoms with van der Waals surface area (Å²) in [4.78, 5) is 23.6. The number of nitrogens with zero attached hydrogens (tertiary/aromatic N) is 1. The summed E-state index contributed by atoms with van der Waals surface area (Å²) in [7, 11) is 0. The minimum atomic E-state index is -0.512. The van der Waals surface area contributed by atoms with Crippen LogP contribution in [-0.2, 0) is 9.53 Å². The Hall–Kier alpha value is -2.14. The minimum absolute atomic E-state index is 0.209. The number of hydrogen-bond acceptors (Lipinski definition) is 3. The largest absolute Gasteiger partial charge is 0.454 e. The van der Waals surface area contributed by atoms with Crippen molar-refractivity contribution in [2.24, 2.45) is 0 Å². The van der Waals surface area contributed by atoms with Gasteiger partial charge in [-0.3, -0.25) is 4.79 Å². The quantitative estimate of drug-likeness (QED) is 0.447. The van der Waals surface area contributed by atoms with Gasteiger partial charge < -0.3 is 9.30 Å². The highest BCUT2D eigenvalue weighted by atomic mass is 79.9. The van der Waals surface area contributed by atoms with E-state index in [1.165, 1.54) is 6.08 Å². The monoisotopic (exact) mass is 375 g/mol. The Kier molecular flexibility index (Phi) is 5.55. The zero-order valence-corrected chi connectivity index (χ0v) is 14.9. The van der Waals surface area contributed by atoms with Gasteiger partial charge in [0.2, 0.25) is 5.78 Å². The van der Waals surface area contributed by atoms with Crippen molar-refractivity contribution in [2.45, 2.75) is 20.8 Å². The van der Waals surface area contributed by atoms with E-state index in [0.29, 0.717) is 5.56 Å². The molecule has 0 spiro atoms. The number of carbonyl (C=O) groups is 2. The van der Waals surface area contributed by atoms with Crippen molar-refractivity contribution in [3.63, 3.8) is 0 Å². The molecule has 0 N–H and O–H groups in total. The number of esters is 1. The number of halogens is 1. The molecule has 0 aliphatic carbocycles. The molecule has 0 aliphatic heterocycles. The highest BCUT2D eigenvalue weighted by Crippen LogP contribution is 2.22. The molecule has 5 heteroatoms. The fourth-order valence-electron chi connectivity index (χ4n) is 2.43. The topological polar surface area (TPSA) is 48.3 Å². The van der Waals surface area contributed by atoms with Crippen LogP contribution in [0.15, 0.2) is 47.0 Å². The number of ketones is 1. The van der Waals surface area contributed by atoms with Gasteiger partial charge in [0, 0.05) is 33.2 Å². The minimum Gasteiger partial charge on any atom is -0.454 e. The molecular weight excluding hydrogens is 358 g/mol. The summed E-state index contributed by atoms with van der Waals surface area (Å²) in [6, 6.07) is 9.68. The average molecular weight is 376 g/mol. The van der Waals surface area contributed by atoms with Crippen molar-refractivity contribution in [1.82, 2.24) is 4.57 Å². The maximum Gasteiger partial charge on any atom is 0.330 e. The molecule has 1 aromatic carbocycles. The number of hydrogen-bond donors (Lipinski definition) is 0. The molecule has 0 bridgehead atoms. The first-order chi connectivity index (χ1) is 10.9. The van der Waals surface area contributed by atoms with E-state index in [0.717, 1.165) is 21.5 Å². The van der Waals surface area contributed by atoms with Crippen LogP contribution in [-0.4, -0.2) is 22.9 Å². The van der Waals surface area contributed by atoms with Crippen molar-refractivity contribution in [3.05, 3.63) is 63.9 Å². The summed E-state index contributed by atoms with van der Waals surface area (Å²) >= 11 is 3.41. The van der Waals surface area contributed by atoms with E-state index in [-0.39, 0.29) is 12.4 Å². The maximum absolute atomic E-state index is 12.3. The molecule has 2 aromatic rings. The van der Waals surface area contributed by atoms with Crippen LogP contribution >= 0.6 is 15.9 Å². The van der Waals surface area contributed by atoms with Crippen molar-refractivity contribution in [3.8, 4) is 5.69 Å². The SMILES string of the molecule is CC=CC(=O)OCC(=O)c1cc(C)n(-c2ccc(Br)cc2)c1C. The van der Waals surface area contributed by atoms with E-state index in [2.05, 4.69) is 15.9 Å². The van der Waals surface area contributed by atoms with Crippen LogP contribution in [0.5, 0.6) is 0 Å². The molecule has 0 fully saturated rings. The molecule has 4 nitrogen and oxygen atoms in total. The van der Waals surface area contributed by atoms with Gasteiger partial charge in [0.15, 0.2) is 6.61 Å². The Morgan fingerprint density at radius 1 is 1.22 bits per heavy atom. The molecule has 0 unspecified atom stereocenters. The fourth-order valence-corrected chi connectivity index (χ4v) is 2.70. The summed E-state index contributed by atoms with van der Waals surface area (Å²) in [5.74, 6) is -0.720. The third-order valence-electron chi connectivity index (χ3n) is 3.46. The van der Waals surface area contributed by atoms with Crippen LogP contribution in [0.3, 0.4) is 0 Å². The molecule has 23 heavy (non-hydrogen) atoms. The van der Waals surface area contributed by atoms with Gasteiger partial charge >= 0.3 is 5.97 Å². The number of ether oxygens (including phenoxy) is 1. The molecule has 0 aliphatic rings. The van der Waals surface area contributed by atoms with E-state index in [1.54, 1.807) is 13.0 Å². The summed E-state index contributed by atoms with van der Waals surface area (Å²) in [5, 5.41) is 0. The van der Waals surface area contributed by atoms with E-state index >= 15 is 0 Å². The van der Waals surface area contributed by atoms with Gasteiger partial charge in [0.05, 0.1) is 0 Å². The third kappa shape index (κ3) is 3.99. The van der Waals surface area contributed by atoms with Crippen molar-refractivity contribution in [1.29, 1.82) is 0 Å². The van der Waals surface area contributed by atoms with Gasteiger partial charge in [0.25, 0.3) is 0 Å². The summed E-state index contributed by atoms with van der Waals surface area (Å²) in [6.07, 6.45) is 2.87. The highest BCUT2D eigenvalue weighted by molar-refractivity contribution is 9.10. The van der Waals surface area contributed by atoms with Crippen LogP contribution in [0, 0.1) is 13.8 Å². The second-order valence-electron chi connectivity index (χ2n) is 5.13. The normalized spacial score (nSPS) is 11.0. The number of aromatic nitrogens is 1. The average Bonchev–Trinajstić information content (AvgIpc) is 2.81. The Balaban J connectivity index is 2.25. The Labute approximate surface area is 143 Å². The van der Waals surface area contributed by atoms with Crippen LogP contribution in [0.1, 0.15) is 28.7 Å². The molecule has 0 radical (unpaired) electrons. The van der Waals surface area contributed by atoms with E-state index in [9.17, 15) is 9.59 Å². The first-order valence-corrected chi connectivity index (χ1v) is 8.01. The van der Waals surface area contributed by atoms with E-state index in [4.69, 9.17) is 4.74 Å². The van der Waals surface area contributed by atoms with Crippen LogP contribution in [0.2, 0.25) is 0 Å². The summed E-state index contributed by atoms with van der Waals surface area (Å²) < 4.78 is 7.94. The number of benzene rings is 1. The lowest BCUT2D eigenvalue weighted by atomic mass is 10.1. The van der Waals surface area contributed by atoms with E-state index in [1.807, 2.05) is 48.7 Å². The first-order valence-electron chi connectivity index (χ1n) is 7.21. The third-order valence-corrected chi connectivity index (χ3v) is 3.99. The van der Waals surface area contributed by atoms with Crippen LogP contribution in [0.25, 0.3) is 5.69 Å². The number of rotatable bonds is 5. The Morgan fingerprint density at radius 2 is 1.87 bits per heavy atom. The van der Waals surface area contributed by atoms with Crippen LogP contribution < -0.4 is 0 Å². The molecule has 2 rings (SSSR count). The smallest absolute Gasteiger partial charge is 0.330 e. The van der Waals surface area contributed by atoms with Gasteiger partial charge in [-0.15, -0.1) is 0 Å². The zero-order chi connectivity index (χ0) is 17.0. The van der Waals surface area contributed by atoms with E-state index < -0.39 is 5.97 Å². The molecule has 1 heterocycles. The highest BCUT2D eigenvalue weighted by Gasteiger charge is 2.17. The fraction of sp³-hybridized carbons (Fsp3) is 0.222. The number of Topliss-reactive ketones (excluding diaryl/α,β-unsaturated/α-hetero) is 1. The van der Waals surface area contributed by atoms with Crippen molar-refractivity contribution < 1.29 is 14.3 Å². The number of aryl methyl sites for hydroxylation is 1. The van der Waals surface area contributed by atoms with Gasteiger partial charge in [0.1, 0.15) is 0 Å². The predicted molar refractivity (Wildman–Crippen MR) is 93.0 cm³/mol. The number of allylic oxidation sites excluding steroid dienone is 1. The molecule has 0 saturated carbocycles. The summed E-state index contributed by atoms with van der Waals surface area (Å²) in [6.45, 7) is 5.29. The Morgan fingerprint density at radius 3 is 2.48 bits per heavy atom. The zero-order valence-electron chi connectivity index (χ0n) is 13.3. The lowest BCUT2D eigenvalue weighted by Gasteiger charge is -2.10. The van der Waals surface area contributed by atoms with Gasteiger partial charge in [-0.1, -0.05) is 22.0 Å². The van der Waals surface area contributed by atoms with Gasteiger partial charge in [-0.2, -0.15) is 0 Å². The summed E-state index contributed by atoms with van der Waals surface area (Å²) in [5.41, 5.74) is 3.33. The lowest BCUT2D eigenvalue weighted by molar-refractivity contribution is -0.136. The Bertz CT molecular complexity index is 757. The molecule has 120 valence electrons. The van der Waals surface area contributed by atoms with Crippen molar-refractivity contribution in [2.75, 3.05) is 6.61 Å². The number of carbonyl (C=O) groups excluding carboxylic acids is 2. The van der Waals surface area contributed by atoms with Gasteiger partial charge in [-0.25, -0.2) is 4.79 Å². The second kappa shape index (κ2) is 7.42. The standard InChI is InChI=1S/C18H18BrNO3/c1-4-5-18(22)23-11-17(21)16-10-12(2)20(13(16)3)15-8-6-14(19)7-9-15/h4-10H,11H2,1-3H3. The lowest BCUT2D eigenvalue weighted by Crippen LogP contribution is -2.13. The van der Waals surface area contributed by atoms with Crippen LogP contribution in [0.4, 0.5) is 0 Å². The molecule has 0 amide bonds. The molecule has 1 aromatic heterocycles. The van der Waals surface area contributed by atoms with Crippen molar-refractivity contribution >= 4 is 27.7 Å². The molecule has 0 saturated heterocycles. The molecular formula is C18H18BrNO3. The predicted octanol–water partition coefficient (Wildman–Crippen LogP) is 4.16. The van der Waals surface area contributed by atoms with Gasteiger partial charge in [-0.05, 0) is 51.1 Å². The maximum atomic E-state index is 12.3. The second-order valence-corrected chi connectivity index (χ2v) is 6.04. The first kappa shape index (κ1) is 17.2.